The molecule has 1 atom stereocenters. The number of carbonyl (C=O) groups excluding carboxylic acids is 2. The lowest BCUT2D eigenvalue weighted by Crippen LogP contribution is -2.38. The maximum Gasteiger partial charge on any atom is 0.278 e. The molecule has 0 radical (unpaired) electrons. The minimum absolute atomic E-state index is 0.0248. The number of hydrogen-bond donors (Lipinski definition) is 1. The second kappa shape index (κ2) is 8.12. The van der Waals surface area contributed by atoms with Crippen LogP contribution in [0, 0.1) is 0 Å². The molecule has 1 N–H and O–H groups in total. The van der Waals surface area contributed by atoms with Crippen LogP contribution in [0.3, 0.4) is 0 Å². The van der Waals surface area contributed by atoms with E-state index in [4.69, 9.17) is 11.6 Å². The molecule has 0 saturated carbocycles. The lowest BCUT2D eigenvalue weighted by atomic mass is 10.1. The average Bonchev–Trinajstić information content (AvgIpc) is 3.04. The van der Waals surface area contributed by atoms with Gasteiger partial charge >= 0.3 is 0 Å². The van der Waals surface area contributed by atoms with E-state index >= 15 is 0 Å². The molecule has 0 unspecified atom stereocenters. The topological polar surface area (TPSA) is 84.3 Å². The lowest BCUT2D eigenvalue weighted by Gasteiger charge is -2.22. The van der Waals surface area contributed by atoms with Gasteiger partial charge in [0.1, 0.15) is 12.2 Å². The van der Waals surface area contributed by atoms with Crippen molar-refractivity contribution in [3.8, 4) is 0 Å². The fraction of sp³-hybridized carbons (Fsp3) is 0.182. The molecule has 2 amide bonds. The van der Waals surface area contributed by atoms with Crippen LogP contribution in [0.15, 0.2) is 65.5 Å². The minimum atomic E-state index is -0.470. The predicted octanol–water partition coefficient (Wildman–Crippen LogP) is 3.13. The smallest absolute Gasteiger partial charge is 0.278 e. The van der Waals surface area contributed by atoms with Crippen molar-refractivity contribution >= 4 is 34.8 Å². The Morgan fingerprint density at radius 3 is 2.73 bits per heavy atom. The zero-order valence-electron chi connectivity index (χ0n) is 16.2. The Morgan fingerprint density at radius 1 is 1.13 bits per heavy atom. The van der Waals surface area contributed by atoms with Gasteiger partial charge in [-0.2, -0.15) is 5.10 Å². The number of aromatic nitrogens is 2. The Morgan fingerprint density at radius 2 is 1.93 bits per heavy atom. The van der Waals surface area contributed by atoms with E-state index in [1.165, 1.54) is 12.1 Å². The molecule has 7 nitrogen and oxygen atoms in total. The van der Waals surface area contributed by atoms with Crippen LogP contribution in [-0.2, 0) is 17.8 Å². The Balaban J connectivity index is 1.55. The van der Waals surface area contributed by atoms with E-state index in [2.05, 4.69) is 10.4 Å². The number of nitrogens with zero attached hydrogens (tertiary/aromatic N) is 3. The van der Waals surface area contributed by atoms with E-state index in [1.54, 1.807) is 29.2 Å². The van der Waals surface area contributed by atoms with Gasteiger partial charge in [-0.05, 0) is 49.2 Å². The summed E-state index contributed by atoms with van der Waals surface area (Å²) in [5.41, 5.74) is 2.08. The van der Waals surface area contributed by atoms with Crippen molar-refractivity contribution in [2.45, 2.75) is 25.9 Å². The van der Waals surface area contributed by atoms with Crippen molar-refractivity contribution in [2.75, 3.05) is 10.2 Å². The van der Waals surface area contributed by atoms with Crippen LogP contribution in [0.2, 0.25) is 5.02 Å². The second-order valence-corrected chi connectivity index (χ2v) is 7.57. The van der Waals surface area contributed by atoms with Gasteiger partial charge in [0, 0.05) is 28.5 Å². The molecule has 2 heterocycles. The molecule has 0 spiro atoms. The van der Waals surface area contributed by atoms with Gasteiger partial charge in [0.05, 0.1) is 0 Å². The minimum Gasteiger partial charge on any atom is -0.324 e. The maximum absolute atomic E-state index is 13.1. The van der Waals surface area contributed by atoms with Crippen molar-refractivity contribution in [3.63, 3.8) is 0 Å². The number of halogens is 1. The zero-order valence-corrected chi connectivity index (χ0v) is 17.0. The standard InChI is InChI=1S/C22H19ClN4O3/c1-14-11-15-5-2-3-8-19(15)27(14)22(30)18-9-10-21(29)26(25-18)13-20(28)24-17-7-4-6-16(23)12-17/h2-10,12,14H,11,13H2,1H3,(H,24,28)/t14-/m1/s1. The number of benzene rings is 2. The predicted molar refractivity (Wildman–Crippen MR) is 115 cm³/mol. The molecule has 1 aromatic heterocycles. The summed E-state index contributed by atoms with van der Waals surface area (Å²) in [6.07, 6.45) is 0.754. The monoisotopic (exact) mass is 422 g/mol. The van der Waals surface area contributed by atoms with E-state index in [-0.39, 0.29) is 24.2 Å². The quantitative estimate of drug-likeness (QED) is 0.700. The van der Waals surface area contributed by atoms with Crippen LogP contribution in [0.25, 0.3) is 0 Å². The third-order valence-electron chi connectivity index (χ3n) is 4.91. The highest BCUT2D eigenvalue weighted by Crippen LogP contribution is 2.32. The molecule has 152 valence electrons. The number of anilines is 2. The first kappa shape index (κ1) is 19.8. The normalized spacial score (nSPS) is 15.0. The van der Waals surface area contributed by atoms with Gasteiger partial charge in [-0.25, -0.2) is 4.68 Å². The Labute approximate surface area is 177 Å². The highest BCUT2D eigenvalue weighted by molar-refractivity contribution is 6.30. The van der Waals surface area contributed by atoms with Gasteiger partial charge in [-0.3, -0.25) is 14.4 Å². The molecule has 0 saturated heterocycles. The van der Waals surface area contributed by atoms with Crippen LogP contribution in [-0.4, -0.2) is 27.6 Å². The Hall–Kier alpha value is -3.45. The van der Waals surface area contributed by atoms with Gasteiger partial charge < -0.3 is 10.2 Å². The number of hydrogen-bond acceptors (Lipinski definition) is 4. The number of amides is 2. The fourth-order valence-corrected chi connectivity index (χ4v) is 3.77. The fourth-order valence-electron chi connectivity index (χ4n) is 3.58. The number of fused-ring (bicyclic) bond motifs is 1. The van der Waals surface area contributed by atoms with Crippen LogP contribution >= 0.6 is 11.6 Å². The molecular weight excluding hydrogens is 404 g/mol. The van der Waals surface area contributed by atoms with Crippen molar-refractivity contribution in [2.24, 2.45) is 0 Å². The largest absolute Gasteiger partial charge is 0.324 e. The zero-order chi connectivity index (χ0) is 21.3. The van der Waals surface area contributed by atoms with Gasteiger partial charge in [0.25, 0.3) is 11.5 Å². The van der Waals surface area contributed by atoms with Crippen LogP contribution in [0.1, 0.15) is 23.0 Å². The number of para-hydroxylation sites is 1. The number of nitrogens with one attached hydrogen (secondary N) is 1. The van der Waals surface area contributed by atoms with Crippen LogP contribution in [0.5, 0.6) is 0 Å². The molecule has 0 fully saturated rings. The SMILES string of the molecule is C[C@@H]1Cc2ccccc2N1C(=O)c1ccc(=O)n(CC(=O)Nc2cccc(Cl)c2)n1. The number of rotatable bonds is 4. The van der Waals surface area contributed by atoms with E-state index < -0.39 is 11.5 Å². The summed E-state index contributed by atoms with van der Waals surface area (Å²) in [4.78, 5) is 39.4. The summed E-state index contributed by atoms with van der Waals surface area (Å²) >= 11 is 5.92. The third-order valence-corrected chi connectivity index (χ3v) is 5.15. The summed E-state index contributed by atoms with van der Waals surface area (Å²) in [7, 11) is 0. The Bertz CT molecular complexity index is 1190. The molecule has 2 aromatic carbocycles. The van der Waals surface area contributed by atoms with Crippen molar-refractivity contribution in [3.05, 3.63) is 87.3 Å². The van der Waals surface area contributed by atoms with Crippen molar-refractivity contribution < 1.29 is 9.59 Å². The Kier molecular flexibility index (Phi) is 5.37. The van der Waals surface area contributed by atoms with Crippen LogP contribution < -0.4 is 15.8 Å². The van der Waals surface area contributed by atoms with Gasteiger partial charge in [0.2, 0.25) is 5.91 Å². The summed E-state index contributed by atoms with van der Waals surface area (Å²) in [5.74, 6) is -0.757. The van der Waals surface area contributed by atoms with Crippen LogP contribution in [0.4, 0.5) is 11.4 Å². The molecule has 30 heavy (non-hydrogen) atoms. The lowest BCUT2D eigenvalue weighted by molar-refractivity contribution is -0.117. The summed E-state index contributed by atoms with van der Waals surface area (Å²) in [6.45, 7) is 1.64. The molecule has 3 aromatic rings. The summed E-state index contributed by atoms with van der Waals surface area (Å²) in [6, 6.07) is 17.0. The van der Waals surface area contributed by atoms with Gasteiger partial charge in [-0.15, -0.1) is 0 Å². The molecule has 4 rings (SSSR count). The molecule has 8 heteroatoms. The van der Waals surface area contributed by atoms with E-state index in [9.17, 15) is 14.4 Å². The van der Waals surface area contributed by atoms with Gasteiger partial charge in [-0.1, -0.05) is 35.9 Å². The molecule has 1 aliphatic rings. The van der Waals surface area contributed by atoms with E-state index in [0.717, 1.165) is 22.4 Å². The summed E-state index contributed by atoms with van der Waals surface area (Å²) in [5, 5.41) is 7.30. The molecule has 1 aliphatic heterocycles. The van der Waals surface area contributed by atoms with Crippen molar-refractivity contribution in [1.82, 2.24) is 9.78 Å². The average molecular weight is 423 g/mol. The number of carbonyl (C=O) groups is 2. The highest BCUT2D eigenvalue weighted by Gasteiger charge is 2.32. The first-order valence-corrected chi connectivity index (χ1v) is 9.85. The summed E-state index contributed by atoms with van der Waals surface area (Å²) < 4.78 is 0.986. The first-order chi connectivity index (χ1) is 14.4. The molecule has 0 aliphatic carbocycles. The third kappa shape index (κ3) is 3.97. The van der Waals surface area contributed by atoms with Gasteiger partial charge in [0.15, 0.2) is 0 Å². The second-order valence-electron chi connectivity index (χ2n) is 7.13. The van der Waals surface area contributed by atoms with Crippen molar-refractivity contribution in [1.29, 1.82) is 0 Å². The van der Waals surface area contributed by atoms with E-state index in [1.807, 2.05) is 31.2 Å². The highest BCUT2D eigenvalue weighted by atomic mass is 35.5. The van der Waals surface area contributed by atoms with E-state index in [0.29, 0.717) is 10.7 Å². The molecule has 0 bridgehead atoms. The first-order valence-electron chi connectivity index (χ1n) is 9.47. The molecular formula is C22H19ClN4O3. The maximum atomic E-state index is 13.1.